The fourth-order valence-corrected chi connectivity index (χ4v) is 1.58. The molecule has 0 aromatic heterocycles. The molecule has 0 N–H and O–H groups in total. The SMILES string of the molecule is CCOCC1CC([N+](=O)[O-])([N+](=O)[O-])N(OCC)O1. The molecule has 0 aromatic carbocycles. The predicted molar refractivity (Wildman–Crippen MR) is 56.2 cm³/mol. The van der Waals surface area contributed by atoms with Crippen molar-refractivity contribution in [3.63, 3.8) is 0 Å². The van der Waals surface area contributed by atoms with Gasteiger partial charge in [-0.3, -0.25) is 29.9 Å². The Morgan fingerprint density at radius 1 is 1.33 bits per heavy atom. The van der Waals surface area contributed by atoms with Gasteiger partial charge in [0.2, 0.25) is 0 Å². The molecule has 1 saturated heterocycles. The van der Waals surface area contributed by atoms with Crippen LogP contribution >= 0.6 is 0 Å². The third-order valence-electron chi connectivity index (χ3n) is 2.38. The highest BCUT2D eigenvalue weighted by atomic mass is 17.0. The number of rotatable bonds is 7. The smallest absolute Gasteiger partial charge is 0.379 e. The maximum atomic E-state index is 11.0. The van der Waals surface area contributed by atoms with Crippen molar-refractivity contribution in [2.75, 3.05) is 19.8 Å². The molecule has 0 aliphatic carbocycles. The lowest BCUT2D eigenvalue weighted by Gasteiger charge is -2.18. The summed E-state index contributed by atoms with van der Waals surface area (Å²) in [4.78, 5) is 29.8. The topological polar surface area (TPSA) is 117 Å². The van der Waals surface area contributed by atoms with Crippen LogP contribution in [-0.4, -0.2) is 46.8 Å². The minimum absolute atomic E-state index is 0.0186. The highest BCUT2D eigenvalue weighted by Gasteiger charge is 2.71. The summed E-state index contributed by atoms with van der Waals surface area (Å²) < 4.78 is 5.04. The summed E-state index contributed by atoms with van der Waals surface area (Å²) in [5.74, 6) is -2.61. The highest BCUT2D eigenvalue weighted by molar-refractivity contribution is 4.74. The van der Waals surface area contributed by atoms with Crippen LogP contribution in [-0.2, 0) is 14.4 Å². The first kappa shape index (κ1) is 14.7. The fraction of sp³-hybridized carbons (Fsp3) is 1.00. The fourth-order valence-electron chi connectivity index (χ4n) is 1.58. The molecule has 10 nitrogen and oxygen atoms in total. The number of ether oxygens (including phenoxy) is 1. The Bertz CT molecular complexity index is 310. The Labute approximate surface area is 103 Å². The Morgan fingerprint density at radius 3 is 2.39 bits per heavy atom. The van der Waals surface area contributed by atoms with Crippen LogP contribution in [0.1, 0.15) is 20.3 Å². The first-order valence-corrected chi connectivity index (χ1v) is 5.45. The summed E-state index contributed by atoms with van der Waals surface area (Å²) >= 11 is 0. The van der Waals surface area contributed by atoms with Gasteiger partial charge >= 0.3 is 5.79 Å². The molecular weight excluding hydrogens is 250 g/mol. The Morgan fingerprint density at radius 2 is 1.94 bits per heavy atom. The van der Waals surface area contributed by atoms with Gasteiger partial charge in [0.1, 0.15) is 22.4 Å². The van der Waals surface area contributed by atoms with E-state index in [4.69, 9.17) is 14.4 Å². The van der Waals surface area contributed by atoms with E-state index in [0.29, 0.717) is 11.8 Å². The summed E-state index contributed by atoms with van der Waals surface area (Å²) in [6, 6.07) is 0. The van der Waals surface area contributed by atoms with Gasteiger partial charge in [0.05, 0.1) is 18.4 Å². The zero-order valence-corrected chi connectivity index (χ0v) is 10.1. The monoisotopic (exact) mass is 265 g/mol. The molecule has 1 heterocycles. The molecule has 1 unspecified atom stereocenters. The van der Waals surface area contributed by atoms with E-state index >= 15 is 0 Å². The van der Waals surface area contributed by atoms with E-state index in [1.807, 2.05) is 0 Å². The second-order valence-corrected chi connectivity index (χ2v) is 3.55. The van der Waals surface area contributed by atoms with Crippen molar-refractivity contribution >= 4 is 0 Å². The molecular formula is C8H15N3O7. The first-order valence-electron chi connectivity index (χ1n) is 5.45. The van der Waals surface area contributed by atoms with Gasteiger partial charge in [0.15, 0.2) is 0 Å². The van der Waals surface area contributed by atoms with Gasteiger partial charge in [-0.15, -0.1) is 0 Å². The van der Waals surface area contributed by atoms with E-state index in [1.165, 1.54) is 0 Å². The maximum absolute atomic E-state index is 11.0. The van der Waals surface area contributed by atoms with Crippen molar-refractivity contribution in [3.05, 3.63) is 20.2 Å². The van der Waals surface area contributed by atoms with E-state index in [-0.39, 0.29) is 13.2 Å². The number of hydroxylamine groups is 2. The quantitative estimate of drug-likeness (QED) is 0.363. The van der Waals surface area contributed by atoms with E-state index in [0.717, 1.165) is 0 Å². The van der Waals surface area contributed by atoms with Crippen molar-refractivity contribution in [3.8, 4) is 0 Å². The van der Waals surface area contributed by atoms with Crippen LogP contribution in [0.15, 0.2) is 0 Å². The standard InChI is InChI=1S/C8H15N3O7/c1-3-16-6-7-5-8(9(12)13,10(14)15)11(18-7)17-4-2/h7H,3-6H2,1-2H3. The number of hydrogen-bond donors (Lipinski definition) is 0. The molecule has 0 aromatic rings. The van der Waals surface area contributed by atoms with Crippen molar-refractivity contribution in [1.82, 2.24) is 5.23 Å². The highest BCUT2D eigenvalue weighted by Crippen LogP contribution is 2.33. The van der Waals surface area contributed by atoms with Crippen LogP contribution in [0.5, 0.6) is 0 Å². The Balaban J connectivity index is 2.90. The second kappa shape index (κ2) is 6.00. The normalized spacial score (nSPS) is 23.1. The van der Waals surface area contributed by atoms with Crippen molar-refractivity contribution < 1.29 is 24.3 Å². The van der Waals surface area contributed by atoms with Crippen molar-refractivity contribution in [2.24, 2.45) is 0 Å². The number of nitrogens with zero attached hydrogens (tertiary/aromatic N) is 3. The van der Waals surface area contributed by atoms with E-state index < -0.39 is 28.2 Å². The largest absolute Gasteiger partial charge is 0.568 e. The van der Waals surface area contributed by atoms with Gasteiger partial charge in [-0.2, -0.15) is 0 Å². The maximum Gasteiger partial charge on any atom is 0.568 e. The summed E-state index contributed by atoms with van der Waals surface area (Å²) in [6.45, 7) is 3.72. The first-order chi connectivity index (χ1) is 8.48. The predicted octanol–water partition coefficient (Wildman–Crippen LogP) is 0.188. The summed E-state index contributed by atoms with van der Waals surface area (Å²) in [6.07, 6.45) is -1.22. The minimum atomic E-state index is -2.61. The van der Waals surface area contributed by atoms with Crippen LogP contribution in [0.3, 0.4) is 0 Å². The molecule has 1 aliphatic rings. The van der Waals surface area contributed by atoms with Crippen LogP contribution in [0.2, 0.25) is 0 Å². The summed E-state index contributed by atoms with van der Waals surface area (Å²) in [5.41, 5.74) is 0. The van der Waals surface area contributed by atoms with Crippen LogP contribution < -0.4 is 0 Å². The molecule has 1 atom stereocenters. The third kappa shape index (κ3) is 2.56. The van der Waals surface area contributed by atoms with Gasteiger partial charge in [-0.05, 0) is 13.8 Å². The Hall–Kier alpha value is -1.36. The summed E-state index contributed by atoms with van der Waals surface area (Å²) in [5, 5.41) is 22.3. The lowest BCUT2D eigenvalue weighted by atomic mass is 10.2. The van der Waals surface area contributed by atoms with Gasteiger partial charge < -0.3 is 4.74 Å². The molecule has 0 bridgehead atoms. The van der Waals surface area contributed by atoms with Gasteiger partial charge in [-0.25, -0.2) is 0 Å². The molecule has 0 spiro atoms. The van der Waals surface area contributed by atoms with Gasteiger partial charge in [-0.1, -0.05) is 0 Å². The number of nitro groups is 2. The molecule has 0 saturated carbocycles. The molecule has 1 rings (SSSR count). The second-order valence-electron chi connectivity index (χ2n) is 3.55. The summed E-state index contributed by atoms with van der Waals surface area (Å²) in [7, 11) is 0. The van der Waals surface area contributed by atoms with Crippen LogP contribution in [0.4, 0.5) is 0 Å². The molecule has 1 fully saturated rings. The molecule has 0 amide bonds. The van der Waals surface area contributed by atoms with Crippen LogP contribution in [0, 0.1) is 20.2 Å². The molecule has 1 aliphatic heterocycles. The van der Waals surface area contributed by atoms with E-state index in [2.05, 4.69) is 0 Å². The average molecular weight is 265 g/mol. The zero-order chi connectivity index (χ0) is 13.8. The van der Waals surface area contributed by atoms with E-state index in [1.54, 1.807) is 13.8 Å². The van der Waals surface area contributed by atoms with E-state index in [9.17, 15) is 20.2 Å². The van der Waals surface area contributed by atoms with Crippen molar-refractivity contribution in [2.45, 2.75) is 32.2 Å². The average Bonchev–Trinajstić information content (AvgIpc) is 2.67. The third-order valence-corrected chi connectivity index (χ3v) is 2.38. The lowest BCUT2D eigenvalue weighted by Crippen LogP contribution is -2.55. The Kier molecular flexibility index (Phi) is 4.90. The molecule has 0 radical (unpaired) electrons. The molecule has 104 valence electrons. The van der Waals surface area contributed by atoms with Gasteiger partial charge in [0, 0.05) is 6.61 Å². The van der Waals surface area contributed by atoms with Gasteiger partial charge in [0.25, 0.3) is 0 Å². The number of hydrogen-bond acceptors (Lipinski definition) is 8. The minimum Gasteiger partial charge on any atom is -0.379 e. The van der Waals surface area contributed by atoms with Crippen LogP contribution in [0.25, 0.3) is 0 Å². The van der Waals surface area contributed by atoms with Crippen molar-refractivity contribution in [1.29, 1.82) is 0 Å². The molecule has 10 heteroatoms. The zero-order valence-electron chi connectivity index (χ0n) is 10.1. The lowest BCUT2D eigenvalue weighted by molar-refractivity contribution is -0.850. The molecule has 18 heavy (non-hydrogen) atoms.